The van der Waals surface area contributed by atoms with Crippen molar-refractivity contribution in [1.82, 2.24) is 0 Å². The second-order valence-electron chi connectivity index (χ2n) is 4.49. The highest BCUT2D eigenvalue weighted by molar-refractivity contribution is 5.81. The highest BCUT2D eigenvalue weighted by Crippen LogP contribution is 2.37. The maximum atomic E-state index is 11.2. The van der Waals surface area contributed by atoms with Crippen LogP contribution in [0.5, 0.6) is 0 Å². The molecule has 1 rings (SSSR count). The number of hydrogen-bond donors (Lipinski definition) is 2. The van der Waals surface area contributed by atoms with Gasteiger partial charge in [0.05, 0.1) is 11.8 Å². The predicted octanol–water partition coefficient (Wildman–Crippen LogP) is 2.63. The van der Waals surface area contributed by atoms with E-state index in [0.717, 1.165) is 11.1 Å². The second-order valence-corrected chi connectivity index (χ2v) is 4.49. The van der Waals surface area contributed by atoms with Crippen molar-refractivity contribution in [2.75, 3.05) is 0 Å². The zero-order chi connectivity index (χ0) is 13.7. The minimum atomic E-state index is -1.04. The number of carboxylic acids is 2. The van der Waals surface area contributed by atoms with Gasteiger partial charge >= 0.3 is 11.9 Å². The molecule has 0 fully saturated rings. The minimum absolute atomic E-state index is 0.293. The predicted molar refractivity (Wildman–Crippen MR) is 68.1 cm³/mol. The number of aliphatic carboxylic acids is 2. The van der Waals surface area contributed by atoms with Gasteiger partial charge in [-0.15, -0.1) is 13.2 Å². The van der Waals surface area contributed by atoms with Crippen LogP contribution >= 0.6 is 0 Å². The van der Waals surface area contributed by atoms with Crippen LogP contribution in [-0.4, -0.2) is 22.2 Å². The molecule has 0 saturated heterocycles. The molecule has 0 aromatic rings. The number of rotatable bonds is 6. The molecule has 2 atom stereocenters. The number of allylic oxidation sites excluding steroid dienone is 4. The molecule has 1 aliphatic carbocycles. The van der Waals surface area contributed by atoms with E-state index in [1.54, 1.807) is 12.2 Å². The minimum Gasteiger partial charge on any atom is -0.481 e. The van der Waals surface area contributed by atoms with Crippen LogP contribution in [-0.2, 0) is 9.59 Å². The van der Waals surface area contributed by atoms with E-state index >= 15 is 0 Å². The topological polar surface area (TPSA) is 74.6 Å². The molecule has 0 spiro atoms. The van der Waals surface area contributed by atoms with Gasteiger partial charge in [-0.25, -0.2) is 0 Å². The molecule has 0 aliphatic heterocycles. The molecule has 18 heavy (non-hydrogen) atoms. The van der Waals surface area contributed by atoms with E-state index < -0.39 is 23.8 Å². The van der Waals surface area contributed by atoms with Gasteiger partial charge in [-0.1, -0.05) is 23.3 Å². The van der Waals surface area contributed by atoms with E-state index in [4.69, 9.17) is 10.2 Å². The summed E-state index contributed by atoms with van der Waals surface area (Å²) in [5.41, 5.74) is 1.99. The van der Waals surface area contributed by atoms with Crippen molar-refractivity contribution in [1.29, 1.82) is 0 Å². The molecular formula is C14H18O4. The molecule has 2 unspecified atom stereocenters. The Labute approximate surface area is 106 Å². The molecular weight excluding hydrogens is 232 g/mol. The molecule has 4 nitrogen and oxygen atoms in total. The third-order valence-corrected chi connectivity index (χ3v) is 3.33. The lowest BCUT2D eigenvalue weighted by atomic mass is 9.74. The van der Waals surface area contributed by atoms with Crippen LogP contribution in [0, 0.1) is 11.8 Å². The van der Waals surface area contributed by atoms with Gasteiger partial charge in [-0.3, -0.25) is 9.59 Å². The Balaban J connectivity index is 3.08. The van der Waals surface area contributed by atoms with Crippen LogP contribution in [0.1, 0.15) is 25.7 Å². The highest BCUT2D eigenvalue weighted by atomic mass is 16.4. The lowest BCUT2D eigenvalue weighted by Crippen LogP contribution is -2.33. The van der Waals surface area contributed by atoms with Gasteiger partial charge in [0.2, 0.25) is 0 Å². The monoisotopic (exact) mass is 250 g/mol. The molecule has 0 bridgehead atoms. The number of carboxylic acid groups (broad SMARTS) is 2. The van der Waals surface area contributed by atoms with Crippen LogP contribution in [0.4, 0.5) is 0 Å². The quantitative estimate of drug-likeness (QED) is 0.710. The van der Waals surface area contributed by atoms with Crippen molar-refractivity contribution < 1.29 is 19.8 Å². The Bertz CT molecular complexity index is 368. The average molecular weight is 250 g/mol. The fourth-order valence-corrected chi connectivity index (χ4v) is 2.43. The molecule has 0 radical (unpaired) electrons. The molecule has 0 aromatic heterocycles. The Morgan fingerprint density at radius 3 is 1.56 bits per heavy atom. The third-order valence-electron chi connectivity index (χ3n) is 3.33. The summed E-state index contributed by atoms with van der Waals surface area (Å²) in [6.45, 7) is 7.30. The van der Waals surface area contributed by atoms with Gasteiger partial charge in [-0.2, -0.15) is 0 Å². The van der Waals surface area contributed by atoms with Gasteiger partial charge in [0.1, 0.15) is 0 Å². The molecule has 0 saturated carbocycles. The van der Waals surface area contributed by atoms with Gasteiger partial charge in [-0.05, 0) is 25.7 Å². The molecule has 1 aliphatic rings. The number of hydrogen-bond acceptors (Lipinski definition) is 2. The van der Waals surface area contributed by atoms with Crippen LogP contribution in [0.25, 0.3) is 0 Å². The Morgan fingerprint density at radius 2 is 1.33 bits per heavy atom. The van der Waals surface area contributed by atoms with Crippen LogP contribution in [0.15, 0.2) is 36.5 Å². The first-order valence-corrected chi connectivity index (χ1v) is 5.88. The van der Waals surface area contributed by atoms with Crippen molar-refractivity contribution >= 4 is 11.9 Å². The first-order chi connectivity index (χ1) is 8.51. The summed E-state index contributed by atoms with van der Waals surface area (Å²) in [7, 11) is 0. The van der Waals surface area contributed by atoms with Gasteiger partial charge in [0, 0.05) is 0 Å². The molecule has 2 N–H and O–H groups in total. The molecule has 0 heterocycles. The van der Waals surface area contributed by atoms with E-state index in [2.05, 4.69) is 13.2 Å². The average Bonchev–Trinajstić information content (AvgIpc) is 2.30. The Hall–Kier alpha value is -1.84. The van der Waals surface area contributed by atoms with Crippen molar-refractivity contribution in [2.45, 2.75) is 25.7 Å². The van der Waals surface area contributed by atoms with Gasteiger partial charge in [0.25, 0.3) is 0 Å². The van der Waals surface area contributed by atoms with E-state index in [0.29, 0.717) is 25.7 Å². The summed E-state index contributed by atoms with van der Waals surface area (Å²) in [5.74, 6) is -3.76. The SMILES string of the molecule is C=CCC1=C(CC=C)CC(C(=O)O)C(C(=O)O)C1. The third kappa shape index (κ3) is 3.09. The lowest BCUT2D eigenvalue weighted by Gasteiger charge is -2.29. The smallest absolute Gasteiger partial charge is 0.307 e. The van der Waals surface area contributed by atoms with Crippen molar-refractivity contribution in [3.63, 3.8) is 0 Å². The van der Waals surface area contributed by atoms with Crippen molar-refractivity contribution in [3.8, 4) is 0 Å². The van der Waals surface area contributed by atoms with Crippen LogP contribution in [0.3, 0.4) is 0 Å². The summed E-state index contributed by atoms with van der Waals surface area (Å²) in [5, 5.41) is 18.3. The molecule has 4 heteroatoms. The van der Waals surface area contributed by atoms with Gasteiger partial charge < -0.3 is 10.2 Å². The maximum absolute atomic E-state index is 11.2. The zero-order valence-corrected chi connectivity index (χ0v) is 10.3. The van der Waals surface area contributed by atoms with E-state index in [-0.39, 0.29) is 0 Å². The summed E-state index contributed by atoms with van der Waals surface area (Å²) >= 11 is 0. The second kappa shape index (κ2) is 6.19. The normalized spacial score (nSPS) is 23.6. The Kier molecular flexibility index (Phi) is 4.89. The molecule has 0 aromatic carbocycles. The Morgan fingerprint density at radius 1 is 1.00 bits per heavy atom. The van der Waals surface area contributed by atoms with E-state index in [1.807, 2.05) is 0 Å². The summed E-state index contributed by atoms with van der Waals surface area (Å²) in [6.07, 6.45) is 5.25. The largest absolute Gasteiger partial charge is 0.481 e. The fraction of sp³-hybridized carbons (Fsp3) is 0.429. The van der Waals surface area contributed by atoms with Crippen molar-refractivity contribution in [3.05, 3.63) is 36.5 Å². The lowest BCUT2D eigenvalue weighted by molar-refractivity contribution is -0.154. The molecule has 98 valence electrons. The zero-order valence-electron chi connectivity index (χ0n) is 10.3. The summed E-state index contributed by atoms with van der Waals surface area (Å²) in [6, 6.07) is 0. The highest BCUT2D eigenvalue weighted by Gasteiger charge is 2.38. The van der Waals surface area contributed by atoms with Crippen LogP contribution in [0.2, 0.25) is 0 Å². The van der Waals surface area contributed by atoms with E-state index in [1.165, 1.54) is 0 Å². The van der Waals surface area contributed by atoms with Crippen molar-refractivity contribution in [2.24, 2.45) is 11.8 Å². The summed E-state index contributed by atoms with van der Waals surface area (Å²) in [4.78, 5) is 22.3. The molecule has 0 amide bonds. The van der Waals surface area contributed by atoms with E-state index in [9.17, 15) is 9.59 Å². The van der Waals surface area contributed by atoms with Crippen LogP contribution < -0.4 is 0 Å². The fourth-order valence-electron chi connectivity index (χ4n) is 2.43. The first kappa shape index (κ1) is 14.2. The van der Waals surface area contributed by atoms with Gasteiger partial charge in [0.15, 0.2) is 0 Å². The number of carbonyl (C=O) groups is 2. The first-order valence-electron chi connectivity index (χ1n) is 5.88. The standard InChI is InChI=1S/C14H18O4/c1-3-5-9-7-11(13(15)16)12(14(17)18)8-10(9)6-4-2/h3-4,11-12H,1-2,5-8H2,(H,15,16)(H,17,18). The summed E-state index contributed by atoms with van der Waals surface area (Å²) < 4.78 is 0. The maximum Gasteiger partial charge on any atom is 0.307 e.